The van der Waals surface area contributed by atoms with Gasteiger partial charge in [-0.25, -0.2) is 4.98 Å². The highest BCUT2D eigenvalue weighted by atomic mass is 32.1. The highest BCUT2D eigenvalue weighted by Gasteiger charge is 2.26. The van der Waals surface area contributed by atoms with Crippen LogP contribution in [-0.4, -0.2) is 28.5 Å². The van der Waals surface area contributed by atoms with Crippen molar-refractivity contribution in [2.24, 2.45) is 5.41 Å². The molecule has 106 valence electrons. The van der Waals surface area contributed by atoms with Crippen LogP contribution >= 0.6 is 11.3 Å². The Hall–Kier alpha value is -1.43. The Morgan fingerprint density at radius 2 is 2.05 bits per heavy atom. The highest BCUT2D eigenvalue weighted by Crippen LogP contribution is 2.21. The molecule has 0 radical (unpaired) electrons. The van der Waals surface area contributed by atoms with Crippen LogP contribution < -0.4 is 5.32 Å². The van der Waals surface area contributed by atoms with Crippen LogP contribution in [0, 0.1) is 12.3 Å². The number of carbonyl (C=O) groups is 2. The minimum Gasteiger partial charge on any atom is -0.481 e. The molecular weight excluding hydrogens is 264 g/mol. The van der Waals surface area contributed by atoms with Crippen molar-refractivity contribution < 1.29 is 14.7 Å². The fourth-order valence-corrected chi connectivity index (χ4v) is 2.41. The van der Waals surface area contributed by atoms with E-state index < -0.39 is 11.4 Å². The van der Waals surface area contributed by atoms with Crippen molar-refractivity contribution in [1.82, 2.24) is 10.3 Å². The summed E-state index contributed by atoms with van der Waals surface area (Å²) in [6.07, 6.45) is 1.21. The minimum absolute atomic E-state index is 0.170. The lowest BCUT2D eigenvalue weighted by Gasteiger charge is -2.18. The first kappa shape index (κ1) is 15.6. The molecule has 1 aromatic rings. The van der Waals surface area contributed by atoms with Gasteiger partial charge < -0.3 is 10.4 Å². The highest BCUT2D eigenvalue weighted by molar-refractivity contribution is 7.13. The molecule has 0 saturated carbocycles. The van der Waals surface area contributed by atoms with E-state index in [2.05, 4.69) is 10.3 Å². The van der Waals surface area contributed by atoms with Crippen LogP contribution in [0.5, 0.6) is 0 Å². The number of carboxylic acids is 1. The van der Waals surface area contributed by atoms with Gasteiger partial charge in [0.25, 0.3) is 5.91 Å². The molecule has 19 heavy (non-hydrogen) atoms. The van der Waals surface area contributed by atoms with E-state index in [0.717, 1.165) is 17.1 Å². The summed E-state index contributed by atoms with van der Waals surface area (Å²) >= 11 is 1.39. The first-order chi connectivity index (χ1) is 8.77. The molecular formula is C13H20N2O3S. The van der Waals surface area contributed by atoms with E-state index in [0.29, 0.717) is 17.8 Å². The maximum absolute atomic E-state index is 12.0. The van der Waals surface area contributed by atoms with Crippen LogP contribution in [-0.2, 0) is 11.2 Å². The Kier molecular flexibility index (Phi) is 5.05. The summed E-state index contributed by atoms with van der Waals surface area (Å²) < 4.78 is 0. The van der Waals surface area contributed by atoms with Gasteiger partial charge in [-0.1, -0.05) is 6.92 Å². The number of hydrogen-bond acceptors (Lipinski definition) is 4. The zero-order valence-electron chi connectivity index (χ0n) is 11.7. The molecule has 1 heterocycles. The fourth-order valence-electron chi connectivity index (χ4n) is 1.49. The maximum Gasteiger partial charge on any atom is 0.309 e. The van der Waals surface area contributed by atoms with E-state index in [1.165, 1.54) is 11.3 Å². The third-order valence-corrected chi connectivity index (χ3v) is 4.26. The standard InChI is InChI=1S/C13H20N2O3S/c1-5-9-15-8(2)10(19-9)11(16)14-7-6-13(3,4)12(17)18/h5-7H2,1-4H3,(H,14,16)(H,17,18). The van der Waals surface area contributed by atoms with E-state index in [4.69, 9.17) is 5.11 Å². The number of carbonyl (C=O) groups excluding carboxylic acids is 1. The molecule has 6 heteroatoms. The van der Waals surface area contributed by atoms with Crippen LogP contribution in [0.15, 0.2) is 0 Å². The van der Waals surface area contributed by atoms with Crippen molar-refractivity contribution >= 4 is 23.2 Å². The molecule has 0 saturated heterocycles. The summed E-state index contributed by atoms with van der Waals surface area (Å²) in [5.74, 6) is -1.03. The predicted octanol–water partition coefficient (Wildman–Crippen LogP) is 2.24. The quantitative estimate of drug-likeness (QED) is 0.839. The third kappa shape index (κ3) is 4.02. The number of aliphatic carboxylic acids is 1. The Morgan fingerprint density at radius 3 is 2.53 bits per heavy atom. The summed E-state index contributed by atoms with van der Waals surface area (Å²) in [5.41, 5.74) is -0.0956. The van der Waals surface area contributed by atoms with Gasteiger partial charge in [-0.15, -0.1) is 11.3 Å². The van der Waals surface area contributed by atoms with Crippen molar-refractivity contribution in [3.63, 3.8) is 0 Å². The molecule has 0 aromatic carbocycles. The molecule has 0 aliphatic carbocycles. The van der Waals surface area contributed by atoms with Crippen molar-refractivity contribution in [2.75, 3.05) is 6.54 Å². The minimum atomic E-state index is -0.857. The molecule has 0 aliphatic heterocycles. The zero-order chi connectivity index (χ0) is 14.6. The van der Waals surface area contributed by atoms with Crippen molar-refractivity contribution in [3.8, 4) is 0 Å². The van der Waals surface area contributed by atoms with Gasteiger partial charge in [-0.05, 0) is 33.6 Å². The predicted molar refractivity (Wildman–Crippen MR) is 74.6 cm³/mol. The van der Waals surface area contributed by atoms with Gasteiger partial charge in [0, 0.05) is 6.54 Å². The summed E-state index contributed by atoms with van der Waals surface area (Å²) in [6, 6.07) is 0. The van der Waals surface area contributed by atoms with E-state index in [1.807, 2.05) is 13.8 Å². The number of nitrogens with zero attached hydrogens (tertiary/aromatic N) is 1. The van der Waals surface area contributed by atoms with Crippen LogP contribution in [0.4, 0.5) is 0 Å². The van der Waals surface area contributed by atoms with Crippen molar-refractivity contribution in [3.05, 3.63) is 15.6 Å². The maximum atomic E-state index is 12.0. The number of hydrogen-bond donors (Lipinski definition) is 2. The third-order valence-electron chi connectivity index (χ3n) is 2.96. The summed E-state index contributed by atoms with van der Waals surface area (Å²) in [7, 11) is 0. The topological polar surface area (TPSA) is 79.3 Å². The first-order valence-electron chi connectivity index (χ1n) is 6.26. The largest absolute Gasteiger partial charge is 0.481 e. The lowest BCUT2D eigenvalue weighted by atomic mass is 9.90. The summed E-state index contributed by atoms with van der Waals surface area (Å²) in [6.45, 7) is 7.45. The number of aromatic nitrogens is 1. The molecule has 1 aromatic heterocycles. The number of rotatable bonds is 6. The first-order valence-corrected chi connectivity index (χ1v) is 7.07. The second-order valence-electron chi connectivity index (χ2n) is 5.07. The summed E-state index contributed by atoms with van der Waals surface area (Å²) in [4.78, 5) is 27.8. The Labute approximate surface area is 117 Å². The molecule has 0 bridgehead atoms. The Bertz CT molecular complexity index is 480. The van der Waals surface area contributed by atoms with Crippen LogP contribution in [0.25, 0.3) is 0 Å². The van der Waals surface area contributed by atoms with Crippen molar-refractivity contribution in [1.29, 1.82) is 0 Å². The monoisotopic (exact) mass is 284 g/mol. The van der Waals surface area contributed by atoms with Gasteiger partial charge in [0.15, 0.2) is 0 Å². The van der Waals surface area contributed by atoms with E-state index >= 15 is 0 Å². The smallest absolute Gasteiger partial charge is 0.309 e. The second kappa shape index (κ2) is 6.14. The Morgan fingerprint density at radius 1 is 1.42 bits per heavy atom. The van der Waals surface area contributed by atoms with Crippen molar-refractivity contribution in [2.45, 2.75) is 40.5 Å². The van der Waals surface area contributed by atoms with Gasteiger partial charge in [-0.2, -0.15) is 0 Å². The zero-order valence-corrected chi connectivity index (χ0v) is 12.6. The fraction of sp³-hybridized carbons (Fsp3) is 0.615. The van der Waals surface area contributed by atoms with Crippen LogP contribution in [0.3, 0.4) is 0 Å². The lowest BCUT2D eigenvalue weighted by molar-refractivity contribution is -0.147. The van der Waals surface area contributed by atoms with Gasteiger partial charge in [0.1, 0.15) is 4.88 Å². The molecule has 0 atom stereocenters. The average molecular weight is 284 g/mol. The van der Waals surface area contributed by atoms with Gasteiger partial charge >= 0.3 is 5.97 Å². The average Bonchev–Trinajstić information content (AvgIpc) is 2.70. The lowest BCUT2D eigenvalue weighted by Crippen LogP contribution is -2.31. The number of thiazole rings is 1. The number of amides is 1. The number of nitrogens with one attached hydrogen (secondary N) is 1. The molecule has 0 unspecified atom stereocenters. The van der Waals surface area contributed by atoms with E-state index in [-0.39, 0.29) is 5.91 Å². The number of carboxylic acid groups (broad SMARTS) is 1. The number of aryl methyl sites for hydroxylation is 2. The second-order valence-corrected chi connectivity index (χ2v) is 6.15. The molecule has 0 fully saturated rings. The Balaban J connectivity index is 2.56. The molecule has 1 rings (SSSR count). The molecule has 1 amide bonds. The van der Waals surface area contributed by atoms with Crippen LogP contribution in [0.2, 0.25) is 0 Å². The SMILES string of the molecule is CCc1nc(C)c(C(=O)NCCC(C)(C)C(=O)O)s1. The molecule has 5 nitrogen and oxygen atoms in total. The molecule has 0 spiro atoms. The van der Waals surface area contributed by atoms with Gasteiger partial charge in [0.2, 0.25) is 0 Å². The van der Waals surface area contributed by atoms with Gasteiger partial charge in [0.05, 0.1) is 16.1 Å². The molecule has 2 N–H and O–H groups in total. The van der Waals surface area contributed by atoms with Crippen LogP contribution in [0.1, 0.15) is 47.6 Å². The summed E-state index contributed by atoms with van der Waals surface area (Å²) in [5, 5.41) is 12.7. The van der Waals surface area contributed by atoms with Gasteiger partial charge in [-0.3, -0.25) is 9.59 Å². The van der Waals surface area contributed by atoms with E-state index in [9.17, 15) is 9.59 Å². The van der Waals surface area contributed by atoms with E-state index in [1.54, 1.807) is 13.8 Å². The molecule has 0 aliphatic rings. The normalized spacial score (nSPS) is 11.4.